The maximum atomic E-state index is 12.0. The van der Waals surface area contributed by atoms with Crippen LogP contribution in [0.15, 0.2) is 54.3 Å². The molecule has 1 aliphatic rings. The van der Waals surface area contributed by atoms with Crippen molar-refractivity contribution in [3.8, 4) is 11.5 Å². The van der Waals surface area contributed by atoms with Crippen molar-refractivity contribution in [2.24, 2.45) is 0 Å². The van der Waals surface area contributed by atoms with E-state index in [-0.39, 0.29) is 6.61 Å². The molecule has 0 N–H and O–H groups in total. The van der Waals surface area contributed by atoms with Crippen LogP contribution in [0.5, 0.6) is 11.5 Å². The van der Waals surface area contributed by atoms with Gasteiger partial charge in [-0.15, -0.1) is 0 Å². The molecule has 1 heterocycles. The number of hydrogen-bond acceptors (Lipinski definition) is 4. The number of rotatable bonds is 2. The number of methoxy groups -OCH3 is 1. The van der Waals surface area contributed by atoms with Gasteiger partial charge in [-0.2, -0.15) is 0 Å². The van der Waals surface area contributed by atoms with E-state index in [1.165, 1.54) is 0 Å². The number of esters is 1. The van der Waals surface area contributed by atoms with E-state index < -0.39 is 5.97 Å². The molecule has 0 saturated heterocycles. The lowest BCUT2D eigenvalue weighted by Crippen LogP contribution is -2.04. The van der Waals surface area contributed by atoms with E-state index in [0.717, 1.165) is 11.3 Å². The first-order valence-electron chi connectivity index (χ1n) is 6.55. The summed E-state index contributed by atoms with van der Waals surface area (Å²) in [6.45, 7) is 0.217. The summed E-state index contributed by atoms with van der Waals surface area (Å²) >= 11 is 0. The summed E-state index contributed by atoms with van der Waals surface area (Å²) in [6.07, 6.45) is 1.78. The van der Waals surface area contributed by atoms with E-state index in [0.29, 0.717) is 17.1 Å². The first-order valence-corrected chi connectivity index (χ1v) is 6.55. The predicted molar refractivity (Wildman–Crippen MR) is 78.3 cm³/mol. The summed E-state index contributed by atoms with van der Waals surface area (Å²) in [5.74, 6) is 1.39. The number of ether oxygens (including phenoxy) is 3. The number of para-hydroxylation sites is 1. The molecule has 0 fully saturated rings. The van der Waals surface area contributed by atoms with Crippen LogP contribution in [0.25, 0.3) is 6.08 Å². The Kier molecular flexibility index (Phi) is 3.60. The molecule has 0 aliphatic carbocycles. The highest BCUT2D eigenvalue weighted by Crippen LogP contribution is 2.25. The topological polar surface area (TPSA) is 44.8 Å². The van der Waals surface area contributed by atoms with Crippen LogP contribution in [0.2, 0.25) is 0 Å². The second kappa shape index (κ2) is 5.71. The van der Waals surface area contributed by atoms with Crippen molar-refractivity contribution < 1.29 is 19.0 Å². The van der Waals surface area contributed by atoms with Crippen molar-refractivity contribution in [1.29, 1.82) is 0 Å². The lowest BCUT2D eigenvalue weighted by molar-refractivity contribution is 0.0621. The fourth-order valence-corrected chi connectivity index (χ4v) is 2.07. The largest absolute Gasteiger partial charge is 0.497 e. The maximum absolute atomic E-state index is 12.0. The van der Waals surface area contributed by atoms with Crippen LogP contribution in [-0.2, 0) is 4.74 Å². The summed E-state index contributed by atoms with van der Waals surface area (Å²) < 4.78 is 16.1. The van der Waals surface area contributed by atoms with E-state index in [4.69, 9.17) is 14.2 Å². The molecule has 4 nitrogen and oxygen atoms in total. The smallest absolute Gasteiger partial charge is 0.347 e. The minimum absolute atomic E-state index is 0.217. The summed E-state index contributed by atoms with van der Waals surface area (Å²) in [6, 6.07) is 14.5. The standard InChI is InChI=1S/C17H14O4/c1-19-13-8-6-12(7-9-13)10-14-11-20-16-5-3-2-4-15(16)17(18)21-14/h2-10H,11H2,1H3/b14-10-. The summed E-state index contributed by atoms with van der Waals surface area (Å²) in [5, 5.41) is 0. The molecule has 0 saturated carbocycles. The number of carbonyl (C=O) groups is 1. The monoisotopic (exact) mass is 282 g/mol. The normalized spacial score (nSPS) is 15.7. The maximum Gasteiger partial charge on any atom is 0.347 e. The fraction of sp³-hybridized carbons (Fsp3) is 0.118. The fourth-order valence-electron chi connectivity index (χ4n) is 2.07. The third-order valence-corrected chi connectivity index (χ3v) is 3.14. The minimum Gasteiger partial charge on any atom is -0.497 e. The lowest BCUT2D eigenvalue weighted by Gasteiger charge is -2.05. The number of fused-ring (bicyclic) bond motifs is 1. The zero-order valence-electron chi connectivity index (χ0n) is 11.5. The zero-order chi connectivity index (χ0) is 14.7. The molecule has 0 radical (unpaired) electrons. The van der Waals surface area contributed by atoms with Crippen LogP contribution in [0, 0.1) is 0 Å². The summed E-state index contributed by atoms with van der Waals surface area (Å²) in [4.78, 5) is 12.0. The van der Waals surface area contributed by atoms with E-state index in [2.05, 4.69) is 0 Å². The van der Waals surface area contributed by atoms with Gasteiger partial charge in [-0.25, -0.2) is 4.79 Å². The first-order chi connectivity index (χ1) is 10.3. The molecule has 2 aromatic rings. The quantitative estimate of drug-likeness (QED) is 0.793. The van der Waals surface area contributed by atoms with E-state index >= 15 is 0 Å². The van der Waals surface area contributed by atoms with Crippen molar-refractivity contribution in [1.82, 2.24) is 0 Å². The summed E-state index contributed by atoms with van der Waals surface area (Å²) in [7, 11) is 1.62. The second-order valence-corrected chi connectivity index (χ2v) is 4.56. The second-order valence-electron chi connectivity index (χ2n) is 4.56. The van der Waals surface area contributed by atoms with Crippen molar-refractivity contribution in [3.05, 3.63) is 65.4 Å². The molecule has 1 aliphatic heterocycles. The molecular weight excluding hydrogens is 268 g/mol. The minimum atomic E-state index is -0.400. The molecule has 0 atom stereocenters. The van der Waals surface area contributed by atoms with Gasteiger partial charge in [-0.05, 0) is 35.9 Å². The van der Waals surface area contributed by atoms with E-state index in [9.17, 15) is 4.79 Å². The Labute approximate surface area is 122 Å². The van der Waals surface area contributed by atoms with Gasteiger partial charge in [0.15, 0.2) is 0 Å². The molecule has 0 aromatic heterocycles. The van der Waals surface area contributed by atoms with Gasteiger partial charge < -0.3 is 14.2 Å². The van der Waals surface area contributed by atoms with Crippen LogP contribution in [0.3, 0.4) is 0 Å². The average molecular weight is 282 g/mol. The van der Waals surface area contributed by atoms with E-state index in [1.54, 1.807) is 31.4 Å². The van der Waals surface area contributed by atoms with Crippen molar-refractivity contribution in [2.75, 3.05) is 13.7 Å². The number of carbonyl (C=O) groups excluding carboxylic acids is 1. The van der Waals surface area contributed by atoms with Crippen LogP contribution in [-0.4, -0.2) is 19.7 Å². The average Bonchev–Trinajstić information content (AvgIpc) is 2.68. The lowest BCUT2D eigenvalue weighted by atomic mass is 10.2. The highest BCUT2D eigenvalue weighted by Gasteiger charge is 2.20. The van der Waals surface area contributed by atoms with Gasteiger partial charge >= 0.3 is 5.97 Å². The van der Waals surface area contributed by atoms with Crippen LogP contribution in [0.4, 0.5) is 0 Å². The van der Waals surface area contributed by atoms with Crippen molar-refractivity contribution in [3.63, 3.8) is 0 Å². The van der Waals surface area contributed by atoms with Crippen LogP contribution >= 0.6 is 0 Å². The van der Waals surface area contributed by atoms with Gasteiger partial charge in [-0.3, -0.25) is 0 Å². The van der Waals surface area contributed by atoms with Gasteiger partial charge in [0, 0.05) is 0 Å². The Morgan fingerprint density at radius 3 is 2.62 bits per heavy atom. The number of hydrogen-bond donors (Lipinski definition) is 0. The third-order valence-electron chi connectivity index (χ3n) is 3.14. The molecule has 0 spiro atoms. The molecule has 0 unspecified atom stereocenters. The Morgan fingerprint density at radius 2 is 1.86 bits per heavy atom. The predicted octanol–water partition coefficient (Wildman–Crippen LogP) is 3.29. The Bertz CT molecular complexity index is 686. The van der Waals surface area contributed by atoms with Gasteiger partial charge in [0.2, 0.25) is 0 Å². The summed E-state index contributed by atoms with van der Waals surface area (Å²) in [5.41, 5.74) is 1.35. The van der Waals surface area contributed by atoms with Gasteiger partial charge in [0.05, 0.1) is 7.11 Å². The van der Waals surface area contributed by atoms with Gasteiger partial charge in [0.25, 0.3) is 0 Å². The van der Waals surface area contributed by atoms with Gasteiger partial charge in [-0.1, -0.05) is 24.3 Å². The van der Waals surface area contributed by atoms with Crippen LogP contribution < -0.4 is 9.47 Å². The molecule has 106 valence electrons. The molecule has 4 heteroatoms. The van der Waals surface area contributed by atoms with Gasteiger partial charge in [0.1, 0.15) is 29.4 Å². The van der Waals surface area contributed by atoms with Crippen LogP contribution in [0.1, 0.15) is 15.9 Å². The SMILES string of the molecule is COc1ccc(/C=C2/COc3ccccc3C(=O)O2)cc1. The Morgan fingerprint density at radius 1 is 1.10 bits per heavy atom. The molecule has 21 heavy (non-hydrogen) atoms. The highest BCUT2D eigenvalue weighted by atomic mass is 16.6. The molecular formula is C17H14O4. The highest BCUT2D eigenvalue weighted by molar-refractivity contribution is 5.93. The molecule has 3 rings (SSSR count). The Balaban J connectivity index is 1.84. The van der Waals surface area contributed by atoms with Crippen molar-refractivity contribution >= 4 is 12.0 Å². The van der Waals surface area contributed by atoms with Crippen molar-refractivity contribution in [2.45, 2.75) is 0 Å². The third kappa shape index (κ3) is 2.89. The zero-order valence-corrected chi connectivity index (χ0v) is 11.5. The van der Waals surface area contributed by atoms with E-state index in [1.807, 2.05) is 30.3 Å². The first kappa shape index (κ1) is 13.2. The number of cyclic esters (lactones) is 1. The number of benzene rings is 2. The molecule has 0 bridgehead atoms. The molecule has 0 amide bonds. The Hall–Kier alpha value is -2.75. The molecule has 2 aromatic carbocycles.